The summed E-state index contributed by atoms with van der Waals surface area (Å²) in [6.07, 6.45) is -0.0604. The van der Waals surface area contributed by atoms with Gasteiger partial charge in [0.05, 0.1) is 13.2 Å². The molecule has 0 radical (unpaired) electrons. The predicted octanol–water partition coefficient (Wildman–Crippen LogP) is -0.0826. The van der Waals surface area contributed by atoms with Crippen LogP contribution in [-0.2, 0) is 22.5 Å². The molecule has 1 aliphatic heterocycles. The Bertz CT molecular complexity index is 393. The maximum absolute atomic E-state index is 10.8. The zero-order chi connectivity index (χ0) is 12.3. The van der Waals surface area contributed by atoms with Crippen molar-refractivity contribution in [1.82, 2.24) is 15.0 Å². The summed E-state index contributed by atoms with van der Waals surface area (Å²) in [4.78, 5) is 16.9. The first-order chi connectivity index (χ1) is 8.19. The second-order valence-corrected chi connectivity index (χ2v) is 3.89. The number of carbonyl (C=O) groups is 1. The molecular formula is C10H15N3O4. The van der Waals surface area contributed by atoms with Gasteiger partial charge in [0.15, 0.2) is 11.9 Å². The van der Waals surface area contributed by atoms with Gasteiger partial charge in [-0.05, 0) is 0 Å². The third kappa shape index (κ3) is 3.01. The lowest BCUT2D eigenvalue weighted by atomic mass is 10.2. The van der Waals surface area contributed by atoms with Gasteiger partial charge in [0.2, 0.25) is 5.89 Å². The highest BCUT2D eigenvalue weighted by Crippen LogP contribution is 2.09. The van der Waals surface area contributed by atoms with Crippen LogP contribution in [-0.4, -0.2) is 51.9 Å². The predicted molar refractivity (Wildman–Crippen MR) is 56.3 cm³/mol. The SMILES string of the molecule is CCc1nc(CN2CCOC(C(=O)O)C2)no1. The van der Waals surface area contributed by atoms with Crippen LogP contribution in [0.4, 0.5) is 0 Å². The fraction of sp³-hybridized carbons (Fsp3) is 0.700. The average Bonchev–Trinajstić information content (AvgIpc) is 2.77. The first kappa shape index (κ1) is 12.0. The summed E-state index contributed by atoms with van der Waals surface area (Å²) >= 11 is 0. The third-order valence-electron chi connectivity index (χ3n) is 2.60. The zero-order valence-electron chi connectivity index (χ0n) is 9.63. The largest absolute Gasteiger partial charge is 0.479 e. The van der Waals surface area contributed by atoms with Gasteiger partial charge in [-0.2, -0.15) is 4.98 Å². The molecule has 2 heterocycles. The normalized spacial score (nSPS) is 21.6. The van der Waals surface area contributed by atoms with E-state index in [0.29, 0.717) is 44.4 Å². The van der Waals surface area contributed by atoms with Crippen molar-refractivity contribution in [1.29, 1.82) is 0 Å². The minimum absolute atomic E-state index is 0.353. The Labute approximate surface area is 98.4 Å². The van der Waals surface area contributed by atoms with Gasteiger partial charge in [-0.3, -0.25) is 4.90 Å². The molecule has 0 aromatic carbocycles. The number of carboxylic acid groups (broad SMARTS) is 1. The first-order valence-corrected chi connectivity index (χ1v) is 5.57. The number of carboxylic acids is 1. The van der Waals surface area contributed by atoms with Crippen molar-refractivity contribution in [3.05, 3.63) is 11.7 Å². The lowest BCUT2D eigenvalue weighted by Gasteiger charge is -2.29. The lowest BCUT2D eigenvalue weighted by molar-refractivity contribution is -0.156. The highest BCUT2D eigenvalue weighted by atomic mass is 16.5. The zero-order valence-corrected chi connectivity index (χ0v) is 9.63. The van der Waals surface area contributed by atoms with E-state index in [-0.39, 0.29) is 0 Å². The van der Waals surface area contributed by atoms with E-state index in [1.54, 1.807) is 0 Å². The summed E-state index contributed by atoms with van der Waals surface area (Å²) in [5.74, 6) is 0.257. The molecule has 0 bridgehead atoms. The molecule has 7 heteroatoms. The smallest absolute Gasteiger partial charge is 0.334 e. The molecular weight excluding hydrogens is 226 g/mol. The van der Waals surface area contributed by atoms with Crippen LogP contribution >= 0.6 is 0 Å². The van der Waals surface area contributed by atoms with Crippen molar-refractivity contribution in [3.63, 3.8) is 0 Å². The molecule has 1 atom stereocenters. The molecule has 1 saturated heterocycles. The summed E-state index contributed by atoms with van der Waals surface area (Å²) < 4.78 is 10.1. The van der Waals surface area contributed by atoms with Crippen molar-refractivity contribution in [3.8, 4) is 0 Å². The molecule has 1 aromatic heterocycles. The Hall–Kier alpha value is -1.47. The Balaban J connectivity index is 1.92. The fourth-order valence-electron chi connectivity index (χ4n) is 1.69. The lowest BCUT2D eigenvalue weighted by Crippen LogP contribution is -2.45. The second kappa shape index (κ2) is 5.24. The Morgan fingerprint density at radius 2 is 2.47 bits per heavy atom. The standard InChI is InChI=1S/C10H15N3O4/c1-2-9-11-8(12-17-9)6-13-3-4-16-7(5-13)10(14)15/h7H,2-6H2,1H3,(H,14,15). The van der Waals surface area contributed by atoms with E-state index < -0.39 is 12.1 Å². The first-order valence-electron chi connectivity index (χ1n) is 5.57. The van der Waals surface area contributed by atoms with Crippen LogP contribution in [0.2, 0.25) is 0 Å². The van der Waals surface area contributed by atoms with E-state index in [4.69, 9.17) is 14.4 Å². The Kier molecular flexibility index (Phi) is 3.70. The number of aryl methyl sites for hydroxylation is 1. The minimum Gasteiger partial charge on any atom is -0.479 e. The van der Waals surface area contributed by atoms with Gasteiger partial charge in [0.1, 0.15) is 0 Å². The number of ether oxygens (including phenoxy) is 1. The van der Waals surface area contributed by atoms with E-state index in [0.717, 1.165) is 0 Å². The summed E-state index contributed by atoms with van der Waals surface area (Å²) in [6, 6.07) is 0. The van der Waals surface area contributed by atoms with E-state index in [2.05, 4.69) is 10.1 Å². The van der Waals surface area contributed by atoms with Crippen LogP contribution in [0.15, 0.2) is 4.52 Å². The molecule has 0 amide bonds. The van der Waals surface area contributed by atoms with Crippen molar-refractivity contribution in [2.45, 2.75) is 26.0 Å². The summed E-state index contributed by atoms with van der Waals surface area (Å²) in [6.45, 7) is 3.88. The molecule has 17 heavy (non-hydrogen) atoms. The van der Waals surface area contributed by atoms with Crippen LogP contribution in [0.5, 0.6) is 0 Å². The minimum atomic E-state index is -0.933. The molecule has 2 rings (SSSR count). The average molecular weight is 241 g/mol. The van der Waals surface area contributed by atoms with E-state index >= 15 is 0 Å². The molecule has 1 fully saturated rings. The van der Waals surface area contributed by atoms with Gasteiger partial charge in [-0.15, -0.1) is 0 Å². The molecule has 0 saturated carbocycles. The van der Waals surface area contributed by atoms with E-state index in [1.165, 1.54) is 0 Å². The molecule has 1 aliphatic rings. The van der Waals surface area contributed by atoms with Crippen LogP contribution in [0.3, 0.4) is 0 Å². The summed E-state index contributed by atoms with van der Waals surface area (Å²) in [7, 11) is 0. The van der Waals surface area contributed by atoms with Gasteiger partial charge in [-0.25, -0.2) is 4.79 Å². The van der Waals surface area contributed by atoms with Gasteiger partial charge in [0, 0.05) is 19.5 Å². The third-order valence-corrected chi connectivity index (χ3v) is 2.60. The second-order valence-electron chi connectivity index (χ2n) is 3.89. The van der Waals surface area contributed by atoms with E-state index in [1.807, 2.05) is 11.8 Å². The number of morpholine rings is 1. The van der Waals surface area contributed by atoms with Gasteiger partial charge < -0.3 is 14.4 Å². The molecule has 7 nitrogen and oxygen atoms in total. The number of hydrogen-bond donors (Lipinski definition) is 1. The van der Waals surface area contributed by atoms with Crippen molar-refractivity contribution >= 4 is 5.97 Å². The molecule has 94 valence electrons. The Morgan fingerprint density at radius 3 is 3.12 bits per heavy atom. The monoisotopic (exact) mass is 241 g/mol. The molecule has 1 unspecified atom stereocenters. The fourth-order valence-corrected chi connectivity index (χ4v) is 1.69. The summed E-state index contributed by atoms with van der Waals surface area (Å²) in [5, 5.41) is 12.7. The van der Waals surface area contributed by atoms with Gasteiger partial charge in [-0.1, -0.05) is 12.1 Å². The Morgan fingerprint density at radius 1 is 1.65 bits per heavy atom. The van der Waals surface area contributed by atoms with Gasteiger partial charge >= 0.3 is 5.97 Å². The van der Waals surface area contributed by atoms with Gasteiger partial charge in [0.25, 0.3) is 0 Å². The molecule has 0 spiro atoms. The molecule has 1 N–H and O–H groups in total. The maximum atomic E-state index is 10.8. The van der Waals surface area contributed by atoms with Crippen molar-refractivity contribution in [2.75, 3.05) is 19.7 Å². The summed E-state index contributed by atoms with van der Waals surface area (Å²) in [5.41, 5.74) is 0. The quantitative estimate of drug-likeness (QED) is 0.788. The van der Waals surface area contributed by atoms with Crippen LogP contribution in [0, 0.1) is 0 Å². The number of aromatic nitrogens is 2. The van der Waals surface area contributed by atoms with Crippen LogP contribution in [0.25, 0.3) is 0 Å². The van der Waals surface area contributed by atoms with Crippen molar-refractivity contribution < 1.29 is 19.2 Å². The van der Waals surface area contributed by atoms with Crippen LogP contribution < -0.4 is 0 Å². The van der Waals surface area contributed by atoms with Crippen molar-refractivity contribution in [2.24, 2.45) is 0 Å². The number of aliphatic carboxylic acids is 1. The highest BCUT2D eigenvalue weighted by molar-refractivity contribution is 5.72. The number of rotatable bonds is 4. The number of nitrogens with zero attached hydrogens (tertiary/aromatic N) is 3. The molecule has 0 aliphatic carbocycles. The molecule has 1 aromatic rings. The highest BCUT2D eigenvalue weighted by Gasteiger charge is 2.26. The topological polar surface area (TPSA) is 88.7 Å². The van der Waals surface area contributed by atoms with Crippen LogP contribution in [0.1, 0.15) is 18.6 Å². The number of hydrogen-bond acceptors (Lipinski definition) is 6. The van der Waals surface area contributed by atoms with E-state index in [9.17, 15) is 4.79 Å². The maximum Gasteiger partial charge on any atom is 0.334 e.